The molecule has 0 aliphatic carbocycles. The zero-order chi connectivity index (χ0) is 21.9. The van der Waals surface area contributed by atoms with Crippen molar-refractivity contribution < 1.29 is 17.9 Å². The van der Waals surface area contributed by atoms with Crippen LogP contribution in [0, 0.1) is 13.8 Å². The Balaban J connectivity index is 1.90. The molecule has 6 nitrogen and oxygen atoms in total. The zero-order valence-electron chi connectivity index (χ0n) is 16.7. The van der Waals surface area contributed by atoms with Gasteiger partial charge in [0.2, 0.25) is 0 Å². The maximum absolute atomic E-state index is 12.8. The third kappa shape index (κ3) is 4.75. The Kier molecular flexibility index (Phi) is 6.34. The van der Waals surface area contributed by atoms with Gasteiger partial charge < -0.3 is 10.1 Å². The van der Waals surface area contributed by atoms with E-state index in [-0.39, 0.29) is 15.5 Å². The lowest BCUT2D eigenvalue weighted by atomic mass is 10.1. The number of nitrogens with one attached hydrogen (secondary N) is 2. The topological polar surface area (TPSA) is 84.5 Å². The summed E-state index contributed by atoms with van der Waals surface area (Å²) in [5.74, 6) is -0.0742. The molecule has 3 aromatic carbocycles. The number of hydrogen-bond donors (Lipinski definition) is 2. The summed E-state index contributed by atoms with van der Waals surface area (Å²) in [6, 6.07) is 16.1. The van der Waals surface area contributed by atoms with E-state index in [2.05, 4.69) is 10.0 Å². The second kappa shape index (κ2) is 8.77. The largest absolute Gasteiger partial charge is 0.495 e. The number of anilines is 2. The Morgan fingerprint density at radius 1 is 0.967 bits per heavy atom. The first-order valence-corrected chi connectivity index (χ1v) is 10.9. The molecule has 0 aliphatic heterocycles. The summed E-state index contributed by atoms with van der Waals surface area (Å²) in [6.45, 7) is 3.84. The van der Waals surface area contributed by atoms with E-state index in [9.17, 15) is 13.2 Å². The summed E-state index contributed by atoms with van der Waals surface area (Å²) in [6.07, 6.45) is 0. The van der Waals surface area contributed by atoms with Crippen molar-refractivity contribution in [2.24, 2.45) is 0 Å². The molecule has 0 aliphatic rings. The molecule has 0 bridgehead atoms. The average molecular weight is 445 g/mol. The van der Waals surface area contributed by atoms with Crippen molar-refractivity contribution in [3.8, 4) is 5.75 Å². The molecule has 0 fully saturated rings. The van der Waals surface area contributed by atoms with Crippen LogP contribution >= 0.6 is 11.6 Å². The fraction of sp³-hybridized carbons (Fsp3) is 0.136. The Labute approximate surface area is 180 Å². The van der Waals surface area contributed by atoms with Gasteiger partial charge in [0.15, 0.2) is 0 Å². The quantitative estimate of drug-likeness (QED) is 0.559. The summed E-state index contributed by atoms with van der Waals surface area (Å²) < 4.78 is 33.4. The number of halogens is 1. The lowest BCUT2D eigenvalue weighted by Crippen LogP contribution is -2.17. The van der Waals surface area contributed by atoms with Crippen LogP contribution in [0.5, 0.6) is 5.75 Å². The van der Waals surface area contributed by atoms with Crippen LogP contribution in [-0.2, 0) is 10.0 Å². The summed E-state index contributed by atoms with van der Waals surface area (Å²) >= 11 is 6.17. The van der Waals surface area contributed by atoms with Gasteiger partial charge in [-0.05, 0) is 67.4 Å². The van der Waals surface area contributed by atoms with Crippen molar-refractivity contribution in [2.45, 2.75) is 18.7 Å². The van der Waals surface area contributed by atoms with Gasteiger partial charge in [0.1, 0.15) is 5.75 Å². The minimum absolute atomic E-state index is 0.0329. The van der Waals surface area contributed by atoms with Gasteiger partial charge in [-0.2, -0.15) is 0 Å². The molecule has 0 saturated heterocycles. The molecule has 0 saturated carbocycles. The summed E-state index contributed by atoms with van der Waals surface area (Å²) in [5, 5.41) is 2.83. The van der Waals surface area contributed by atoms with Crippen molar-refractivity contribution >= 4 is 38.9 Å². The molecule has 156 valence electrons. The highest BCUT2D eigenvalue weighted by Crippen LogP contribution is 2.27. The molecule has 0 heterocycles. The number of amides is 1. The molecule has 3 rings (SSSR count). The lowest BCUT2D eigenvalue weighted by Gasteiger charge is -2.13. The molecule has 3 aromatic rings. The number of rotatable bonds is 6. The van der Waals surface area contributed by atoms with Gasteiger partial charge in [0, 0.05) is 5.69 Å². The molecular formula is C22H21ClN2O4S. The van der Waals surface area contributed by atoms with Gasteiger partial charge in [-0.25, -0.2) is 8.42 Å². The maximum atomic E-state index is 12.8. The zero-order valence-corrected chi connectivity index (χ0v) is 18.3. The highest BCUT2D eigenvalue weighted by molar-refractivity contribution is 7.92. The minimum atomic E-state index is -3.91. The van der Waals surface area contributed by atoms with Crippen LogP contribution in [0.4, 0.5) is 11.4 Å². The van der Waals surface area contributed by atoms with Crippen LogP contribution in [0.15, 0.2) is 65.6 Å². The molecule has 8 heteroatoms. The Hall–Kier alpha value is -3.03. The van der Waals surface area contributed by atoms with Gasteiger partial charge in [-0.1, -0.05) is 29.8 Å². The van der Waals surface area contributed by atoms with Crippen LogP contribution in [0.1, 0.15) is 21.5 Å². The predicted octanol–water partition coefficient (Wildman–Crippen LogP) is 5.02. The normalized spacial score (nSPS) is 11.1. The van der Waals surface area contributed by atoms with Crippen molar-refractivity contribution in [2.75, 3.05) is 17.1 Å². The van der Waals surface area contributed by atoms with E-state index in [0.29, 0.717) is 17.1 Å². The van der Waals surface area contributed by atoms with Crippen molar-refractivity contribution in [1.82, 2.24) is 0 Å². The first kappa shape index (κ1) is 21.7. The van der Waals surface area contributed by atoms with Crippen LogP contribution < -0.4 is 14.8 Å². The number of para-hydroxylation sites is 2. The fourth-order valence-electron chi connectivity index (χ4n) is 2.80. The monoisotopic (exact) mass is 444 g/mol. The van der Waals surface area contributed by atoms with Gasteiger partial charge in [0.25, 0.3) is 15.9 Å². The van der Waals surface area contributed by atoms with E-state index < -0.39 is 15.9 Å². The number of ether oxygens (including phenoxy) is 1. The van der Waals surface area contributed by atoms with Gasteiger partial charge >= 0.3 is 0 Å². The number of methoxy groups -OCH3 is 1. The van der Waals surface area contributed by atoms with Crippen LogP contribution in [0.3, 0.4) is 0 Å². The average Bonchev–Trinajstić information content (AvgIpc) is 2.71. The maximum Gasteiger partial charge on any atom is 0.261 e. The highest BCUT2D eigenvalue weighted by atomic mass is 35.5. The molecular weight excluding hydrogens is 424 g/mol. The number of carbonyl (C=O) groups is 1. The van der Waals surface area contributed by atoms with Gasteiger partial charge in [-0.3, -0.25) is 9.52 Å². The molecule has 0 spiro atoms. The molecule has 1 amide bonds. The fourth-order valence-corrected chi connectivity index (χ4v) is 4.08. The van der Waals surface area contributed by atoms with E-state index >= 15 is 0 Å². The Morgan fingerprint density at radius 2 is 1.70 bits per heavy atom. The van der Waals surface area contributed by atoms with E-state index in [1.165, 1.54) is 25.3 Å². The second-order valence-corrected chi connectivity index (χ2v) is 8.79. The summed E-state index contributed by atoms with van der Waals surface area (Å²) in [5.41, 5.74) is 2.93. The molecule has 30 heavy (non-hydrogen) atoms. The predicted molar refractivity (Wildman–Crippen MR) is 119 cm³/mol. The lowest BCUT2D eigenvalue weighted by molar-refractivity contribution is 0.102. The Morgan fingerprint density at radius 3 is 2.40 bits per heavy atom. The summed E-state index contributed by atoms with van der Waals surface area (Å²) in [7, 11) is -2.43. The third-order valence-electron chi connectivity index (χ3n) is 4.61. The standard InChI is InChI=1S/C22H21ClN2O4S/c1-14-8-9-16(12-15(14)2)25-30(27,28)17-10-11-19(23)18(13-17)22(26)24-20-6-4-5-7-21(20)29-3/h4-13,25H,1-3H3,(H,24,26). The number of aryl methyl sites for hydroxylation is 2. The van der Waals surface area contributed by atoms with E-state index in [0.717, 1.165) is 11.1 Å². The number of hydrogen-bond acceptors (Lipinski definition) is 4. The number of carbonyl (C=O) groups excluding carboxylic acids is 1. The van der Waals surface area contributed by atoms with Crippen LogP contribution in [0.2, 0.25) is 5.02 Å². The second-order valence-electron chi connectivity index (χ2n) is 6.70. The van der Waals surface area contributed by atoms with Gasteiger partial charge in [0.05, 0.1) is 28.3 Å². The Bertz CT molecular complexity index is 1210. The first-order valence-electron chi connectivity index (χ1n) is 9.05. The molecule has 0 aromatic heterocycles. The summed E-state index contributed by atoms with van der Waals surface area (Å²) in [4.78, 5) is 12.7. The number of sulfonamides is 1. The minimum Gasteiger partial charge on any atom is -0.495 e. The van der Waals surface area contributed by atoms with Crippen molar-refractivity contribution in [3.63, 3.8) is 0 Å². The van der Waals surface area contributed by atoms with Crippen molar-refractivity contribution in [3.05, 3.63) is 82.4 Å². The van der Waals surface area contributed by atoms with Crippen LogP contribution in [0.25, 0.3) is 0 Å². The van der Waals surface area contributed by atoms with E-state index in [1.807, 2.05) is 19.9 Å². The molecule has 2 N–H and O–H groups in total. The van der Waals surface area contributed by atoms with Crippen LogP contribution in [-0.4, -0.2) is 21.4 Å². The molecule has 0 radical (unpaired) electrons. The smallest absolute Gasteiger partial charge is 0.261 e. The third-order valence-corrected chi connectivity index (χ3v) is 6.32. The molecule has 0 unspecified atom stereocenters. The SMILES string of the molecule is COc1ccccc1NC(=O)c1cc(S(=O)(=O)Nc2ccc(C)c(C)c2)ccc1Cl. The van der Waals surface area contributed by atoms with Gasteiger partial charge in [-0.15, -0.1) is 0 Å². The number of benzene rings is 3. The van der Waals surface area contributed by atoms with Crippen molar-refractivity contribution in [1.29, 1.82) is 0 Å². The first-order chi connectivity index (χ1) is 14.2. The van der Waals surface area contributed by atoms with E-state index in [4.69, 9.17) is 16.3 Å². The van der Waals surface area contributed by atoms with E-state index in [1.54, 1.807) is 36.4 Å². The molecule has 0 atom stereocenters. The highest BCUT2D eigenvalue weighted by Gasteiger charge is 2.20.